The van der Waals surface area contributed by atoms with Crippen LogP contribution in [-0.2, 0) is 9.53 Å². The number of aryl methyl sites for hydroxylation is 1. The maximum atomic E-state index is 11.8. The Kier molecular flexibility index (Phi) is 5.41. The molecule has 0 radical (unpaired) electrons. The first-order valence-corrected chi connectivity index (χ1v) is 7.31. The average Bonchev–Trinajstić information content (AvgIpc) is 2.87. The standard InChI is InChI=1S/C16H23NO3/c1-3-19-16(18)15-8-5-9-17(15)10-11-20-14-7-4-6-13(2)12-14/h4,6-7,12,15H,3,5,8-11H2,1-2H3. The van der Waals surface area contributed by atoms with Gasteiger partial charge in [0.25, 0.3) is 0 Å². The van der Waals surface area contributed by atoms with E-state index in [0.29, 0.717) is 13.2 Å². The number of nitrogens with zero attached hydrogens (tertiary/aromatic N) is 1. The summed E-state index contributed by atoms with van der Waals surface area (Å²) in [6, 6.07) is 7.93. The van der Waals surface area contributed by atoms with E-state index in [9.17, 15) is 4.79 Å². The maximum Gasteiger partial charge on any atom is 0.323 e. The molecular weight excluding hydrogens is 254 g/mol. The Labute approximate surface area is 120 Å². The number of carbonyl (C=O) groups is 1. The van der Waals surface area contributed by atoms with Gasteiger partial charge >= 0.3 is 5.97 Å². The highest BCUT2D eigenvalue weighted by atomic mass is 16.5. The summed E-state index contributed by atoms with van der Waals surface area (Å²) in [5.74, 6) is 0.789. The minimum atomic E-state index is -0.0967. The third-order valence-corrected chi connectivity index (χ3v) is 3.56. The Morgan fingerprint density at radius 3 is 3.05 bits per heavy atom. The van der Waals surface area contributed by atoms with Crippen LogP contribution in [0.5, 0.6) is 5.75 Å². The van der Waals surface area contributed by atoms with Gasteiger partial charge in [-0.3, -0.25) is 9.69 Å². The fourth-order valence-electron chi connectivity index (χ4n) is 2.59. The van der Waals surface area contributed by atoms with Crippen molar-refractivity contribution in [1.82, 2.24) is 4.90 Å². The van der Waals surface area contributed by atoms with E-state index in [0.717, 1.165) is 31.7 Å². The van der Waals surface area contributed by atoms with Crippen LogP contribution < -0.4 is 4.74 Å². The monoisotopic (exact) mass is 277 g/mol. The van der Waals surface area contributed by atoms with Crippen molar-refractivity contribution in [2.24, 2.45) is 0 Å². The second-order valence-electron chi connectivity index (χ2n) is 5.11. The predicted octanol–water partition coefficient (Wildman–Crippen LogP) is 2.40. The summed E-state index contributed by atoms with van der Waals surface area (Å²) in [6.07, 6.45) is 1.94. The van der Waals surface area contributed by atoms with Crippen LogP contribution in [0, 0.1) is 6.92 Å². The Morgan fingerprint density at radius 1 is 1.45 bits per heavy atom. The lowest BCUT2D eigenvalue weighted by atomic mass is 10.2. The second-order valence-corrected chi connectivity index (χ2v) is 5.11. The van der Waals surface area contributed by atoms with Gasteiger partial charge in [0.15, 0.2) is 0 Å². The summed E-state index contributed by atoms with van der Waals surface area (Å²) < 4.78 is 10.9. The van der Waals surface area contributed by atoms with Crippen LogP contribution in [0.3, 0.4) is 0 Å². The molecule has 1 aliphatic heterocycles. The first-order valence-electron chi connectivity index (χ1n) is 7.31. The summed E-state index contributed by atoms with van der Waals surface area (Å²) in [5.41, 5.74) is 1.19. The molecule has 4 heteroatoms. The van der Waals surface area contributed by atoms with Crippen molar-refractivity contribution in [3.05, 3.63) is 29.8 Å². The first kappa shape index (κ1) is 14.9. The molecule has 1 saturated heterocycles. The van der Waals surface area contributed by atoms with Gasteiger partial charge in [-0.25, -0.2) is 0 Å². The summed E-state index contributed by atoms with van der Waals surface area (Å²) >= 11 is 0. The van der Waals surface area contributed by atoms with Crippen molar-refractivity contribution in [2.75, 3.05) is 26.3 Å². The van der Waals surface area contributed by atoms with E-state index < -0.39 is 0 Å². The number of hydrogen-bond donors (Lipinski definition) is 0. The molecule has 0 aromatic heterocycles. The lowest BCUT2D eigenvalue weighted by molar-refractivity contribution is -0.148. The molecule has 2 rings (SSSR count). The first-order chi connectivity index (χ1) is 9.70. The number of hydrogen-bond acceptors (Lipinski definition) is 4. The zero-order chi connectivity index (χ0) is 14.4. The molecule has 1 atom stereocenters. The average molecular weight is 277 g/mol. The van der Waals surface area contributed by atoms with E-state index in [4.69, 9.17) is 9.47 Å². The molecule has 20 heavy (non-hydrogen) atoms. The van der Waals surface area contributed by atoms with E-state index >= 15 is 0 Å². The van der Waals surface area contributed by atoms with Crippen molar-refractivity contribution in [3.8, 4) is 5.75 Å². The van der Waals surface area contributed by atoms with Gasteiger partial charge in [-0.05, 0) is 50.9 Å². The topological polar surface area (TPSA) is 38.8 Å². The van der Waals surface area contributed by atoms with E-state index in [-0.39, 0.29) is 12.0 Å². The fraction of sp³-hybridized carbons (Fsp3) is 0.562. The Balaban J connectivity index is 1.79. The summed E-state index contributed by atoms with van der Waals surface area (Å²) in [6.45, 7) is 6.64. The third-order valence-electron chi connectivity index (χ3n) is 3.56. The van der Waals surface area contributed by atoms with Crippen LogP contribution >= 0.6 is 0 Å². The second kappa shape index (κ2) is 7.29. The number of rotatable bonds is 6. The molecule has 1 unspecified atom stereocenters. The molecule has 0 amide bonds. The minimum Gasteiger partial charge on any atom is -0.492 e. The Morgan fingerprint density at radius 2 is 2.30 bits per heavy atom. The quantitative estimate of drug-likeness (QED) is 0.748. The molecule has 110 valence electrons. The summed E-state index contributed by atoms with van der Waals surface area (Å²) in [4.78, 5) is 14.0. The Bertz CT molecular complexity index is 447. The number of esters is 1. The number of carbonyl (C=O) groups excluding carboxylic acids is 1. The van der Waals surface area contributed by atoms with Crippen molar-refractivity contribution >= 4 is 5.97 Å². The van der Waals surface area contributed by atoms with Crippen LogP contribution in [0.1, 0.15) is 25.3 Å². The molecule has 0 bridgehead atoms. The van der Waals surface area contributed by atoms with Crippen molar-refractivity contribution in [2.45, 2.75) is 32.7 Å². The van der Waals surface area contributed by atoms with E-state index in [1.165, 1.54) is 5.56 Å². The minimum absolute atomic E-state index is 0.0870. The molecule has 1 heterocycles. The van der Waals surface area contributed by atoms with E-state index in [1.54, 1.807) is 0 Å². The third kappa shape index (κ3) is 3.97. The number of ether oxygens (including phenoxy) is 2. The van der Waals surface area contributed by atoms with Crippen molar-refractivity contribution in [1.29, 1.82) is 0 Å². The molecule has 0 saturated carbocycles. The molecule has 1 aliphatic rings. The largest absolute Gasteiger partial charge is 0.492 e. The molecule has 0 aliphatic carbocycles. The highest BCUT2D eigenvalue weighted by Gasteiger charge is 2.31. The van der Waals surface area contributed by atoms with E-state index in [1.807, 2.05) is 38.1 Å². The smallest absolute Gasteiger partial charge is 0.323 e. The molecule has 0 spiro atoms. The van der Waals surface area contributed by atoms with Crippen LogP contribution in [0.2, 0.25) is 0 Å². The van der Waals surface area contributed by atoms with Crippen LogP contribution in [0.25, 0.3) is 0 Å². The van der Waals surface area contributed by atoms with Gasteiger partial charge in [-0.15, -0.1) is 0 Å². The zero-order valence-corrected chi connectivity index (χ0v) is 12.3. The number of benzene rings is 1. The van der Waals surface area contributed by atoms with Gasteiger partial charge in [0.1, 0.15) is 18.4 Å². The van der Waals surface area contributed by atoms with Gasteiger partial charge in [0, 0.05) is 6.54 Å². The lowest BCUT2D eigenvalue weighted by Gasteiger charge is -2.22. The lowest BCUT2D eigenvalue weighted by Crippen LogP contribution is -2.39. The van der Waals surface area contributed by atoms with Crippen LogP contribution in [-0.4, -0.2) is 43.2 Å². The van der Waals surface area contributed by atoms with Gasteiger partial charge in [-0.2, -0.15) is 0 Å². The predicted molar refractivity (Wildman–Crippen MR) is 77.9 cm³/mol. The fourth-order valence-corrected chi connectivity index (χ4v) is 2.59. The van der Waals surface area contributed by atoms with Crippen LogP contribution in [0.4, 0.5) is 0 Å². The zero-order valence-electron chi connectivity index (χ0n) is 12.3. The van der Waals surface area contributed by atoms with E-state index in [2.05, 4.69) is 4.90 Å². The highest BCUT2D eigenvalue weighted by Crippen LogP contribution is 2.18. The maximum absolute atomic E-state index is 11.8. The highest BCUT2D eigenvalue weighted by molar-refractivity contribution is 5.76. The SMILES string of the molecule is CCOC(=O)C1CCCN1CCOc1cccc(C)c1. The summed E-state index contributed by atoms with van der Waals surface area (Å²) in [7, 11) is 0. The van der Waals surface area contributed by atoms with Gasteiger partial charge in [-0.1, -0.05) is 12.1 Å². The Hall–Kier alpha value is -1.55. The molecule has 4 nitrogen and oxygen atoms in total. The molecule has 1 fully saturated rings. The normalized spacial score (nSPS) is 19.0. The van der Waals surface area contributed by atoms with Gasteiger partial charge in [0.05, 0.1) is 6.61 Å². The molecule has 1 aromatic carbocycles. The molecule has 1 aromatic rings. The van der Waals surface area contributed by atoms with Crippen molar-refractivity contribution < 1.29 is 14.3 Å². The molecular formula is C16H23NO3. The molecule has 0 N–H and O–H groups in total. The van der Waals surface area contributed by atoms with Crippen molar-refractivity contribution in [3.63, 3.8) is 0 Å². The van der Waals surface area contributed by atoms with Gasteiger partial charge in [0.2, 0.25) is 0 Å². The number of likely N-dealkylation sites (tertiary alicyclic amines) is 1. The van der Waals surface area contributed by atoms with Gasteiger partial charge < -0.3 is 9.47 Å². The van der Waals surface area contributed by atoms with Crippen LogP contribution in [0.15, 0.2) is 24.3 Å². The summed E-state index contributed by atoms with van der Waals surface area (Å²) in [5, 5.41) is 0.